The van der Waals surface area contributed by atoms with E-state index in [1.165, 1.54) is 0 Å². The molecule has 0 fully saturated rings. The molecule has 0 spiro atoms. The molecule has 0 radical (unpaired) electrons. The second-order valence-corrected chi connectivity index (χ2v) is 9.41. The van der Waals surface area contributed by atoms with Gasteiger partial charge >= 0.3 is 18.0 Å². The zero-order valence-electron chi connectivity index (χ0n) is 19.5. The molecule has 0 atom stereocenters. The molecule has 0 bridgehead atoms. The van der Waals surface area contributed by atoms with Gasteiger partial charge in [0.15, 0.2) is 0 Å². The average Bonchev–Trinajstić information content (AvgIpc) is 2.65. The number of carbonyl (C=O) groups excluding carboxylic acids is 3. The van der Waals surface area contributed by atoms with Crippen molar-refractivity contribution in [2.45, 2.75) is 66.1 Å². The number of amides is 1. The van der Waals surface area contributed by atoms with Crippen molar-refractivity contribution >= 4 is 23.6 Å². The molecule has 0 saturated heterocycles. The van der Waals surface area contributed by atoms with Crippen LogP contribution >= 0.6 is 0 Å². The zero-order valence-corrected chi connectivity index (χ0v) is 19.5. The van der Waals surface area contributed by atoms with Crippen LogP contribution in [0.3, 0.4) is 0 Å². The highest BCUT2D eigenvalue weighted by Gasteiger charge is 2.30. The third-order valence-electron chi connectivity index (χ3n) is 4.39. The van der Waals surface area contributed by atoms with E-state index in [4.69, 9.17) is 14.2 Å². The molecule has 0 saturated carbocycles. The maximum atomic E-state index is 12.6. The first-order chi connectivity index (χ1) is 14.3. The van der Waals surface area contributed by atoms with E-state index in [-0.39, 0.29) is 13.2 Å². The number of carbonyl (C=O) groups is 3. The van der Waals surface area contributed by atoms with Gasteiger partial charge in [-0.1, -0.05) is 12.1 Å². The molecular weight excluding hydrogens is 398 g/mol. The van der Waals surface area contributed by atoms with E-state index in [0.29, 0.717) is 29.7 Å². The molecule has 2 rings (SSSR count). The minimum atomic E-state index is -0.614. The van der Waals surface area contributed by atoms with Gasteiger partial charge in [0.1, 0.15) is 11.2 Å². The van der Waals surface area contributed by atoms with Gasteiger partial charge in [-0.25, -0.2) is 14.4 Å². The van der Waals surface area contributed by atoms with Gasteiger partial charge in [-0.2, -0.15) is 0 Å². The van der Waals surface area contributed by atoms with Crippen molar-refractivity contribution in [2.75, 3.05) is 19.7 Å². The monoisotopic (exact) mass is 431 g/mol. The maximum absolute atomic E-state index is 12.6. The van der Waals surface area contributed by atoms with E-state index < -0.39 is 29.2 Å². The van der Waals surface area contributed by atoms with Crippen molar-refractivity contribution < 1.29 is 28.6 Å². The smallest absolute Gasteiger partial charge is 0.410 e. The normalized spacial score (nSPS) is 14.9. The van der Waals surface area contributed by atoms with Gasteiger partial charge < -0.3 is 19.1 Å². The van der Waals surface area contributed by atoms with E-state index in [9.17, 15) is 14.4 Å². The van der Waals surface area contributed by atoms with Crippen LogP contribution in [0.15, 0.2) is 29.8 Å². The summed E-state index contributed by atoms with van der Waals surface area (Å²) in [6.45, 7) is 13.5. The molecule has 1 aromatic rings. The molecule has 1 aliphatic rings. The summed E-state index contributed by atoms with van der Waals surface area (Å²) in [7, 11) is 0. The van der Waals surface area contributed by atoms with Gasteiger partial charge in [0.25, 0.3) is 0 Å². The topological polar surface area (TPSA) is 82.1 Å². The standard InChI is InChI=1S/C24H33NO6/c1-8-29-21(27)18-13-14-25(22(28)31-24(5,6)7)15-19(18)16-9-11-17(12-10-16)20(26)30-23(2,3)4/h9-12H,8,13-15H2,1-7H3. The zero-order chi connectivity index (χ0) is 23.4. The van der Waals surface area contributed by atoms with Gasteiger partial charge in [0.05, 0.1) is 18.7 Å². The van der Waals surface area contributed by atoms with Crippen LogP contribution in [-0.4, -0.2) is 53.8 Å². The van der Waals surface area contributed by atoms with Crippen LogP contribution in [0.25, 0.3) is 5.57 Å². The van der Waals surface area contributed by atoms with Crippen molar-refractivity contribution in [3.8, 4) is 0 Å². The molecule has 1 aliphatic heterocycles. The number of hydrogen-bond acceptors (Lipinski definition) is 6. The van der Waals surface area contributed by atoms with Crippen LogP contribution in [-0.2, 0) is 19.0 Å². The second kappa shape index (κ2) is 9.54. The van der Waals surface area contributed by atoms with Crippen molar-refractivity contribution in [1.82, 2.24) is 4.90 Å². The van der Waals surface area contributed by atoms with Crippen LogP contribution in [0.1, 0.15) is 70.8 Å². The maximum Gasteiger partial charge on any atom is 0.410 e. The van der Waals surface area contributed by atoms with Crippen molar-refractivity contribution in [3.63, 3.8) is 0 Å². The van der Waals surface area contributed by atoms with E-state index in [0.717, 1.165) is 5.56 Å². The lowest BCUT2D eigenvalue weighted by Crippen LogP contribution is -2.41. The van der Waals surface area contributed by atoms with E-state index in [1.807, 2.05) is 41.5 Å². The fourth-order valence-electron chi connectivity index (χ4n) is 3.10. The molecule has 170 valence electrons. The minimum Gasteiger partial charge on any atom is -0.463 e. The SMILES string of the molecule is CCOC(=O)C1=C(c2ccc(C(=O)OC(C)(C)C)cc2)CN(C(=O)OC(C)(C)C)CC1. The number of rotatable bonds is 4. The highest BCUT2D eigenvalue weighted by Crippen LogP contribution is 2.29. The van der Waals surface area contributed by atoms with E-state index in [1.54, 1.807) is 36.1 Å². The van der Waals surface area contributed by atoms with Crippen LogP contribution in [0.4, 0.5) is 4.79 Å². The van der Waals surface area contributed by atoms with Gasteiger partial charge in [-0.05, 0) is 78.2 Å². The Morgan fingerprint density at radius 3 is 2.00 bits per heavy atom. The number of benzene rings is 1. The molecule has 1 aromatic carbocycles. The summed E-state index contributed by atoms with van der Waals surface area (Å²) in [5.74, 6) is -0.810. The van der Waals surface area contributed by atoms with Gasteiger partial charge in [0.2, 0.25) is 0 Å². The predicted octanol–water partition coefficient (Wildman–Crippen LogP) is 4.60. The first-order valence-electron chi connectivity index (χ1n) is 10.5. The van der Waals surface area contributed by atoms with Crippen LogP contribution in [0.2, 0.25) is 0 Å². The Hall–Kier alpha value is -2.83. The Labute approximate surface area is 184 Å². The summed E-state index contributed by atoms with van der Waals surface area (Å²) in [5.41, 5.74) is 1.17. The summed E-state index contributed by atoms with van der Waals surface area (Å²) < 4.78 is 16.1. The van der Waals surface area contributed by atoms with Gasteiger partial charge in [-0.3, -0.25) is 0 Å². The molecular formula is C24H33NO6. The van der Waals surface area contributed by atoms with Crippen LogP contribution < -0.4 is 0 Å². The first kappa shape index (κ1) is 24.4. The molecule has 0 aliphatic carbocycles. The predicted molar refractivity (Wildman–Crippen MR) is 118 cm³/mol. The molecule has 1 heterocycles. The Kier molecular flexibility index (Phi) is 7.52. The average molecular weight is 432 g/mol. The number of nitrogens with zero attached hydrogens (tertiary/aromatic N) is 1. The highest BCUT2D eigenvalue weighted by atomic mass is 16.6. The highest BCUT2D eigenvalue weighted by molar-refractivity contribution is 5.99. The number of ether oxygens (including phenoxy) is 3. The molecule has 31 heavy (non-hydrogen) atoms. The minimum absolute atomic E-state index is 0.217. The van der Waals surface area contributed by atoms with Crippen molar-refractivity contribution in [1.29, 1.82) is 0 Å². The third-order valence-corrected chi connectivity index (χ3v) is 4.39. The van der Waals surface area contributed by atoms with Crippen LogP contribution in [0, 0.1) is 0 Å². The second-order valence-electron chi connectivity index (χ2n) is 9.41. The molecule has 0 N–H and O–H groups in total. The first-order valence-corrected chi connectivity index (χ1v) is 10.5. The van der Waals surface area contributed by atoms with E-state index >= 15 is 0 Å². The van der Waals surface area contributed by atoms with E-state index in [2.05, 4.69) is 0 Å². The Balaban J connectivity index is 2.33. The third kappa shape index (κ3) is 7.12. The summed E-state index contributed by atoms with van der Waals surface area (Å²) in [5, 5.41) is 0. The Morgan fingerprint density at radius 1 is 0.903 bits per heavy atom. The Bertz CT molecular complexity index is 856. The van der Waals surface area contributed by atoms with Crippen molar-refractivity contribution in [2.24, 2.45) is 0 Å². The quantitative estimate of drug-likeness (QED) is 0.512. The molecule has 7 nitrogen and oxygen atoms in total. The number of esters is 2. The lowest BCUT2D eigenvalue weighted by atomic mass is 9.93. The van der Waals surface area contributed by atoms with Gasteiger partial charge in [-0.15, -0.1) is 0 Å². The molecule has 0 unspecified atom stereocenters. The molecule has 1 amide bonds. The fraction of sp³-hybridized carbons (Fsp3) is 0.542. The fourth-order valence-corrected chi connectivity index (χ4v) is 3.10. The molecule has 0 aromatic heterocycles. The number of hydrogen-bond donors (Lipinski definition) is 0. The summed E-state index contributed by atoms with van der Waals surface area (Å²) in [6.07, 6.45) is -0.0698. The summed E-state index contributed by atoms with van der Waals surface area (Å²) >= 11 is 0. The van der Waals surface area contributed by atoms with Gasteiger partial charge in [0, 0.05) is 12.1 Å². The molecule has 7 heteroatoms. The summed E-state index contributed by atoms with van der Waals surface area (Å²) in [4.78, 5) is 39.0. The lowest BCUT2D eigenvalue weighted by Gasteiger charge is -2.32. The Morgan fingerprint density at radius 2 is 1.48 bits per heavy atom. The lowest BCUT2D eigenvalue weighted by molar-refractivity contribution is -0.138. The van der Waals surface area contributed by atoms with Crippen molar-refractivity contribution in [3.05, 3.63) is 41.0 Å². The largest absolute Gasteiger partial charge is 0.463 e. The summed E-state index contributed by atoms with van der Waals surface area (Å²) in [6, 6.07) is 6.83. The van der Waals surface area contributed by atoms with Crippen LogP contribution in [0.5, 0.6) is 0 Å².